The van der Waals surface area contributed by atoms with E-state index in [0.717, 1.165) is 6.54 Å². The summed E-state index contributed by atoms with van der Waals surface area (Å²) in [4.78, 5) is 26.3. The highest BCUT2D eigenvalue weighted by molar-refractivity contribution is 6.56. The largest absolute Gasteiger partial charge is 0.492 e. The molecule has 4 N–H and O–H groups in total. The Bertz CT molecular complexity index is 155. The number of nitrogens with one attached hydrogen (secondary N) is 1. The third kappa shape index (κ3) is 5.72. The van der Waals surface area contributed by atoms with Gasteiger partial charge in [0, 0.05) is 12.1 Å². The average molecular weight is 219 g/mol. The van der Waals surface area contributed by atoms with Crippen molar-refractivity contribution in [3.05, 3.63) is 0 Å². The van der Waals surface area contributed by atoms with E-state index in [1.807, 2.05) is 0 Å². The molecule has 0 aromatic carbocycles. The van der Waals surface area contributed by atoms with Gasteiger partial charge in [-0.25, -0.2) is 0 Å². The minimum Gasteiger partial charge on any atom is -0.390 e. The average Bonchev–Trinajstić information content (AvgIpc) is 2.13. The van der Waals surface area contributed by atoms with E-state index in [1.54, 1.807) is 0 Å². The highest BCUT2D eigenvalue weighted by Gasteiger charge is 2.25. The summed E-state index contributed by atoms with van der Waals surface area (Å²) in [5, 5.41) is 3.38. The van der Waals surface area contributed by atoms with Crippen LogP contribution in [0.15, 0.2) is 0 Å². The minimum atomic E-state index is -3.78. The zero-order valence-electron chi connectivity index (χ0n) is 8.58. The Labute approximate surface area is 86.3 Å². The van der Waals surface area contributed by atoms with Crippen LogP contribution in [-0.4, -0.2) is 35.8 Å². The van der Waals surface area contributed by atoms with Crippen LogP contribution in [0.25, 0.3) is 0 Å². The number of hydrogen-bond donors (Lipinski definition) is 4. The van der Waals surface area contributed by atoms with Crippen LogP contribution in [-0.2, 0) is 0 Å². The first-order valence-electron chi connectivity index (χ1n) is 5.48. The van der Waals surface area contributed by atoms with Gasteiger partial charge >= 0.3 is 8.80 Å². The molecular formula is C9H21NO3Si. The van der Waals surface area contributed by atoms with Crippen LogP contribution in [0.2, 0.25) is 6.04 Å². The molecule has 1 aliphatic rings. The Hall–Kier alpha value is 0.0569. The van der Waals surface area contributed by atoms with Crippen LogP contribution >= 0.6 is 0 Å². The maximum Gasteiger partial charge on any atom is 0.492 e. The van der Waals surface area contributed by atoms with Gasteiger partial charge in [0.15, 0.2) is 0 Å². The number of rotatable bonds is 5. The molecule has 0 spiro atoms. The summed E-state index contributed by atoms with van der Waals surface area (Å²) in [5.41, 5.74) is 0. The van der Waals surface area contributed by atoms with Gasteiger partial charge < -0.3 is 19.7 Å². The normalized spacial score (nSPS) is 19.9. The quantitative estimate of drug-likeness (QED) is 0.394. The lowest BCUT2D eigenvalue weighted by Crippen LogP contribution is -2.37. The summed E-state index contributed by atoms with van der Waals surface area (Å²) in [7, 11) is -3.78. The van der Waals surface area contributed by atoms with Crippen molar-refractivity contribution in [1.82, 2.24) is 5.32 Å². The van der Waals surface area contributed by atoms with Crippen LogP contribution in [0.3, 0.4) is 0 Å². The van der Waals surface area contributed by atoms with Gasteiger partial charge in [0.05, 0.1) is 0 Å². The van der Waals surface area contributed by atoms with E-state index in [1.165, 1.54) is 32.1 Å². The molecule has 0 aliphatic heterocycles. The van der Waals surface area contributed by atoms with E-state index in [9.17, 15) is 0 Å². The maximum atomic E-state index is 8.78. The van der Waals surface area contributed by atoms with Gasteiger partial charge in [-0.2, -0.15) is 0 Å². The molecule has 0 bridgehead atoms. The molecular weight excluding hydrogens is 198 g/mol. The highest BCUT2D eigenvalue weighted by Crippen LogP contribution is 2.17. The second kappa shape index (κ2) is 5.82. The SMILES string of the molecule is O[Si](O)(O)CCCNC1CCCCC1. The van der Waals surface area contributed by atoms with Crippen molar-refractivity contribution in [1.29, 1.82) is 0 Å². The lowest BCUT2D eigenvalue weighted by Gasteiger charge is -2.23. The standard InChI is InChI=1S/C9H21NO3Si/c11-14(12,13)8-4-7-10-9-5-2-1-3-6-9/h9-13H,1-8H2. The lowest BCUT2D eigenvalue weighted by atomic mass is 9.95. The second-order valence-electron chi connectivity index (χ2n) is 4.17. The fraction of sp³-hybridized carbons (Fsp3) is 1.00. The Kier molecular flexibility index (Phi) is 5.04. The molecule has 1 saturated carbocycles. The van der Waals surface area contributed by atoms with Crippen LogP contribution in [0.5, 0.6) is 0 Å². The summed E-state index contributed by atoms with van der Waals surface area (Å²) >= 11 is 0. The van der Waals surface area contributed by atoms with E-state index >= 15 is 0 Å². The zero-order valence-corrected chi connectivity index (χ0v) is 9.58. The van der Waals surface area contributed by atoms with Gasteiger partial charge in [-0.15, -0.1) is 0 Å². The van der Waals surface area contributed by atoms with Crippen LogP contribution < -0.4 is 5.32 Å². The van der Waals surface area contributed by atoms with E-state index in [0.29, 0.717) is 12.5 Å². The molecule has 0 atom stereocenters. The topological polar surface area (TPSA) is 72.7 Å². The molecule has 0 heterocycles. The summed E-state index contributed by atoms with van der Waals surface area (Å²) in [6.45, 7) is 0.779. The first kappa shape index (κ1) is 12.1. The predicted octanol–water partition coefficient (Wildman–Crippen LogP) is 0.215. The zero-order chi connectivity index (χ0) is 10.4. The van der Waals surface area contributed by atoms with E-state index in [-0.39, 0.29) is 6.04 Å². The van der Waals surface area contributed by atoms with Gasteiger partial charge in [-0.3, -0.25) is 0 Å². The monoisotopic (exact) mass is 219 g/mol. The Morgan fingerprint density at radius 2 is 1.71 bits per heavy atom. The van der Waals surface area contributed by atoms with Gasteiger partial charge in [0.2, 0.25) is 0 Å². The van der Waals surface area contributed by atoms with Crippen LogP contribution in [0.1, 0.15) is 38.5 Å². The van der Waals surface area contributed by atoms with Crippen molar-refractivity contribution in [2.24, 2.45) is 0 Å². The van der Waals surface area contributed by atoms with Crippen molar-refractivity contribution in [3.8, 4) is 0 Å². The van der Waals surface area contributed by atoms with Gasteiger partial charge in [0.25, 0.3) is 0 Å². The molecule has 0 aromatic rings. The molecule has 84 valence electrons. The van der Waals surface area contributed by atoms with Crippen LogP contribution in [0, 0.1) is 0 Å². The van der Waals surface area contributed by atoms with Crippen molar-refractivity contribution < 1.29 is 14.4 Å². The van der Waals surface area contributed by atoms with E-state index < -0.39 is 8.80 Å². The van der Waals surface area contributed by atoms with Gasteiger partial charge in [-0.1, -0.05) is 19.3 Å². The first-order valence-corrected chi connectivity index (χ1v) is 7.53. The third-order valence-corrected chi connectivity index (χ3v) is 3.75. The van der Waals surface area contributed by atoms with Crippen molar-refractivity contribution in [3.63, 3.8) is 0 Å². The molecule has 1 aliphatic carbocycles. The molecule has 0 radical (unpaired) electrons. The van der Waals surface area contributed by atoms with Crippen molar-refractivity contribution in [2.45, 2.75) is 50.6 Å². The summed E-state index contributed by atoms with van der Waals surface area (Å²) in [5.74, 6) is 0. The fourth-order valence-corrected chi connectivity index (χ4v) is 2.59. The number of hydrogen-bond acceptors (Lipinski definition) is 4. The molecule has 5 heteroatoms. The molecule has 0 unspecified atom stereocenters. The molecule has 0 aromatic heterocycles. The summed E-state index contributed by atoms with van der Waals surface area (Å²) < 4.78 is 0. The van der Waals surface area contributed by atoms with E-state index in [2.05, 4.69) is 5.32 Å². The molecule has 0 amide bonds. The maximum absolute atomic E-state index is 8.78. The molecule has 0 saturated heterocycles. The fourth-order valence-electron chi connectivity index (χ4n) is 1.94. The lowest BCUT2D eigenvalue weighted by molar-refractivity contribution is 0.225. The minimum absolute atomic E-state index is 0.146. The first-order chi connectivity index (χ1) is 6.58. The molecule has 1 fully saturated rings. The third-order valence-electron chi connectivity index (χ3n) is 2.73. The van der Waals surface area contributed by atoms with Gasteiger partial charge in [0.1, 0.15) is 0 Å². The Morgan fingerprint density at radius 1 is 1.07 bits per heavy atom. The smallest absolute Gasteiger partial charge is 0.390 e. The predicted molar refractivity (Wildman–Crippen MR) is 56.7 cm³/mol. The van der Waals surface area contributed by atoms with Crippen molar-refractivity contribution in [2.75, 3.05) is 6.54 Å². The van der Waals surface area contributed by atoms with Crippen LogP contribution in [0.4, 0.5) is 0 Å². The summed E-state index contributed by atoms with van der Waals surface area (Å²) in [6, 6.07) is 0.753. The Morgan fingerprint density at radius 3 is 2.29 bits per heavy atom. The van der Waals surface area contributed by atoms with Crippen molar-refractivity contribution >= 4 is 8.80 Å². The second-order valence-corrected chi connectivity index (χ2v) is 6.22. The Balaban J connectivity index is 1.97. The highest BCUT2D eigenvalue weighted by atomic mass is 28.4. The molecule has 1 rings (SSSR count). The molecule has 14 heavy (non-hydrogen) atoms. The van der Waals surface area contributed by atoms with E-state index in [4.69, 9.17) is 14.4 Å². The molecule has 4 nitrogen and oxygen atoms in total. The van der Waals surface area contributed by atoms with Gasteiger partial charge in [-0.05, 0) is 25.8 Å². The summed E-state index contributed by atoms with van der Waals surface area (Å²) in [6.07, 6.45) is 7.07.